The minimum Gasteiger partial charge on any atom is -0.379 e. The van der Waals surface area contributed by atoms with Gasteiger partial charge in [-0.1, -0.05) is 68.4 Å². The number of hydrogen-bond acceptors (Lipinski definition) is 3. The maximum atomic E-state index is 12.5. The number of nitrogens with zero attached hydrogens (tertiary/aromatic N) is 1. The van der Waals surface area contributed by atoms with Crippen molar-refractivity contribution in [1.82, 2.24) is 10.2 Å². The molecule has 1 N–H and O–H groups in total. The highest BCUT2D eigenvalue weighted by Gasteiger charge is 2.22. The summed E-state index contributed by atoms with van der Waals surface area (Å²) in [4.78, 5) is 14.9. The van der Waals surface area contributed by atoms with Crippen LogP contribution in [-0.2, 0) is 16.0 Å². The number of morpholine rings is 1. The lowest BCUT2D eigenvalue weighted by Crippen LogP contribution is -2.49. The van der Waals surface area contributed by atoms with Crippen LogP contribution in [0.3, 0.4) is 0 Å². The molecule has 1 amide bonds. The van der Waals surface area contributed by atoms with Gasteiger partial charge >= 0.3 is 0 Å². The third-order valence-corrected chi connectivity index (χ3v) is 5.27. The van der Waals surface area contributed by atoms with E-state index in [1.165, 1.54) is 11.1 Å². The molecule has 0 radical (unpaired) electrons. The molecular weight excluding hydrogens is 348 g/mol. The quantitative estimate of drug-likeness (QED) is 0.758. The lowest BCUT2D eigenvalue weighted by atomic mass is 10.0. The van der Waals surface area contributed by atoms with Crippen molar-refractivity contribution in [2.24, 2.45) is 5.92 Å². The first kappa shape index (κ1) is 20.6. The molecule has 0 aromatic heterocycles. The topological polar surface area (TPSA) is 41.6 Å². The zero-order chi connectivity index (χ0) is 19.8. The summed E-state index contributed by atoms with van der Waals surface area (Å²) in [5.74, 6) is 0.699. The molecular formula is C24H32N2O2. The fourth-order valence-electron chi connectivity index (χ4n) is 3.77. The third kappa shape index (κ3) is 6.18. The van der Waals surface area contributed by atoms with Crippen LogP contribution in [0, 0.1) is 5.92 Å². The van der Waals surface area contributed by atoms with Crippen molar-refractivity contribution >= 4 is 5.91 Å². The van der Waals surface area contributed by atoms with Gasteiger partial charge in [0.05, 0.1) is 19.6 Å². The maximum Gasteiger partial charge on any atom is 0.224 e. The minimum absolute atomic E-state index is 0.0921. The van der Waals surface area contributed by atoms with E-state index in [1.807, 2.05) is 18.2 Å². The fourth-order valence-corrected chi connectivity index (χ4v) is 3.77. The van der Waals surface area contributed by atoms with Gasteiger partial charge in [0.2, 0.25) is 5.91 Å². The molecule has 150 valence electrons. The summed E-state index contributed by atoms with van der Waals surface area (Å²) in [5.41, 5.74) is 3.42. The normalized spacial score (nSPS) is 16.1. The van der Waals surface area contributed by atoms with Gasteiger partial charge in [-0.05, 0) is 29.0 Å². The molecule has 0 bridgehead atoms. The second-order valence-electron chi connectivity index (χ2n) is 7.98. The summed E-state index contributed by atoms with van der Waals surface area (Å²) in [5, 5.41) is 3.16. The molecule has 4 nitrogen and oxygen atoms in total. The second kappa shape index (κ2) is 10.4. The average molecular weight is 381 g/mol. The van der Waals surface area contributed by atoms with Gasteiger partial charge in [-0.3, -0.25) is 9.69 Å². The number of carbonyl (C=O) groups excluding carboxylic acids is 1. The number of carbonyl (C=O) groups is 1. The van der Waals surface area contributed by atoms with E-state index in [-0.39, 0.29) is 5.91 Å². The van der Waals surface area contributed by atoms with Crippen molar-refractivity contribution in [2.45, 2.75) is 32.7 Å². The van der Waals surface area contributed by atoms with Crippen LogP contribution in [0.4, 0.5) is 0 Å². The average Bonchev–Trinajstić information content (AvgIpc) is 2.73. The molecule has 2 aromatic carbocycles. The predicted octanol–water partition coefficient (Wildman–Crippen LogP) is 3.76. The number of amides is 1. The molecule has 1 fully saturated rings. The lowest BCUT2D eigenvalue weighted by molar-refractivity contribution is -0.120. The van der Waals surface area contributed by atoms with Crippen LogP contribution < -0.4 is 5.32 Å². The molecule has 1 heterocycles. The number of ether oxygens (including phenoxy) is 1. The van der Waals surface area contributed by atoms with Gasteiger partial charge in [0, 0.05) is 25.7 Å². The summed E-state index contributed by atoms with van der Waals surface area (Å²) in [6, 6.07) is 19.0. The summed E-state index contributed by atoms with van der Waals surface area (Å²) in [6.45, 7) is 8.67. The molecule has 1 aliphatic heterocycles. The Morgan fingerprint density at radius 2 is 1.64 bits per heavy atom. The zero-order valence-corrected chi connectivity index (χ0v) is 17.1. The van der Waals surface area contributed by atoms with E-state index in [1.54, 1.807) is 0 Å². The molecule has 1 aliphatic rings. The standard InChI is InChI=1S/C24H32N2O2/c1-19(2)16-23(26-12-14-28-15-13-26)18-25-24(27)17-20-8-10-22(11-9-20)21-6-4-3-5-7-21/h3-11,19,23H,12-18H2,1-2H3,(H,25,27). The molecule has 2 aromatic rings. The van der Waals surface area contributed by atoms with Crippen molar-refractivity contribution in [3.05, 3.63) is 60.2 Å². The molecule has 0 aliphatic carbocycles. The molecule has 3 rings (SSSR count). The van der Waals surface area contributed by atoms with E-state index < -0.39 is 0 Å². The smallest absolute Gasteiger partial charge is 0.224 e. The SMILES string of the molecule is CC(C)CC(CNC(=O)Cc1ccc(-c2ccccc2)cc1)N1CCOCC1. The Bertz CT molecular complexity index is 722. The highest BCUT2D eigenvalue weighted by Crippen LogP contribution is 2.19. The van der Waals surface area contributed by atoms with Gasteiger partial charge in [0.1, 0.15) is 0 Å². The van der Waals surface area contributed by atoms with Gasteiger partial charge in [0.25, 0.3) is 0 Å². The monoisotopic (exact) mass is 380 g/mol. The van der Waals surface area contributed by atoms with Crippen molar-refractivity contribution in [3.63, 3.8) is 0 Å². The van der Waals surface area contributed by atoms with Crippen LogP contribution in [0.25, 0.3) is 11.1 Å². The van der Waals surface area contributed by atoms with Crippen LogP contribution in [0.5, 0.6) is 0 Å². The first-order valence-corrected chi connectivity index (χ1v) is 10.3. The number of nitrogens with one attached hydrogen (secondary N) is 1. The molecule has 4 heteroatoms. The first-order chi connectivity index (χ1) is 13.6. The van der Waals surface area contributed by atoms with Crippen molar-refractivity contribution < 1.29 is 9.53 Å². The van der Waals surface area contributed by atoms with Gasteiger partial charge in [-0.2, -0.15) is 0 Å². The first-order valence-electron chi connectivity index (χ1n) is 10.3. The Labute approximate surface area is 168 Å². The molecule has 1 atom stereocenters. The van der Waals surface area contributed by atoms with Gasteiger partial charge in [0.15, 0.2) is 0 Å². The zero-order valence-electron chi connectivity index (χ0n) is 17.1. The number of benzene rings is 2. The van der Waals surface area contributed by atoms with E-state index in [2.05, 4.69) is 60.5 Å². The summed E-state index contributed by atoms with van der Waals surface area (Å²) in [7, 11) is 0. The summed E-state index contributed by atoms with van der Waals surface area (Å²) in [6.07, 6.45) is 1.51. The summed E-state index contributed by atoms with van der Waals surface area (Å²) < 4.78 is 5.47. The van der Waals surface area contributed by atoms with E-state index >= 15 is 0 Å². The summed E-state index contributed by atoms with van der Waals surface area (Å²) >= 11 is 0. The fraction of sp³-hybridized carbons (Fsp3) is 0.458. The Hall–Kier alpha value is -2.17. The van der Waals surface area contributed by atoms with E-state index in [0.717, 1.165) is 38.3 Å². The molecule has 0 saturated carbocycles. The molecule has 28 heavy (non-hydrogen) atoms. The van der Waals surface area contributed by atoms with Crippen molar-refractivity contribution in [2.75, 3.05) is 32.8 Å². The Morgan fingerprint density at radius 3 is 2.29 bits per heavy atom. The van der Waals surface area contributed by atoms with Crippen LogP contribution in [0.15, 0.2) is 54.6 Å². The highest BCUT2D eigenvalue weighted by atomic mass is 16.5. The Balaban J connectivity index is 1.52. The number of hydrogen-bond donors (Lipinski definition) is 1. The van der Waals surface area contributed by atoms with E-state index in [4.69, 9.17) is 4.74 Å². The van der Waals surface area contributed by atoms with Crippen molar-refractivity contribution in [1.29, 1.82) is 0 Å². The van der Waals surface area contributed by atoms with Gasteiger partial charge in [-0.25, -0.2) is 0 Å². The van der Waals surface area contributed by atoms with E-state index in [9.17, 15) is 4.79 Å². The van der Waals surface area contributed by atoms with Crippen molar-refractivity contribution in [3.8, 4) is 11.1 Å². The van der Waals surface area contributed by atoms with Crippen LogP contribution >= 0.6 is 0 Å². The third-order valence-electron chi connectivity index (χ3n) is 5.27. The van der Waals surface area contributed by atoms with Crippen LogP contribution in [-0.4, -0.2) is 49.7 Å². The molecule has 1 saturated heterocycles. The maximum absolute atomic E-state index is 12.5. The van der Waals surface area contributed by atoms with Crippen LogP contribution in [0.1, 0.15) is 25.8 Å². The molecule has 1 unspecified atom stereocenters. The number of rotatable bonds is 8. The highest BCUT2D eigenvalue weighted by molar-refractivity contribution is 5.78. The van der Waals surface area contributed by atoms with E-state index in [0.29, 0.717) is 24.9 Å². The predicted molar refractivity (Wildman–Crippen MR) is 114 cm³/mol. The Kier molecular flexibility index (Phi) is 7.63. The van der Waals surface area contributed by atoms with Crippen LogP contribution in [0.2, 0.25) is 0 Å². The minimum atomic E-state index is 0.0921. The Morgan fingerprint density at radius 1 is 1.00 bits per heavy atom. The lowest BCUT2D eigenvalue weighted by Gasteiger charge is -2.35. The molecule has 0 spiro atoms. The van der Waals surface area contributed by atoms with Gasteiger partial charge < -0.3 is 10.1 Å². The second-order valence-corrected chi connectivity index (χ2v) is 7.98. The largest absolute Gasteiger partial charge is 0.379 e. The van der Waals surface area contributed by atoms with Gasteiger partial charge in [-0.15, -0.1) is 0 Å².